The monoisotopic (exact) mass is 364 g/mol. The second kappa shape index (κ2) is 6.59. The first-order valence-electron chi connectivity index (χ1n) is 7.27. The van der Waals surface area contributed by atoms with E-state index in [9.17, 15) is 31.9 Å². The van der Waals surface area contributed by atoms with E-state index in [0.29, 0.717) is 11.5 Å². The fourth-order valence-electron chi connectivity index (χ4n) is 2.45. The highest BCUT2D eigenvalue weighted by atomic mass is 19.2. The van der Waals surface area contributed by atoms with Gasteiger partial charge in [-0.1, -0.05) is 36.4 Å². The summed E-state index contributed by atoms with van der Waals surface area (Å²) in [5.74, 6) is -13.6. The third kappa shape index (κ3) is 2.92. The number of hydrogen-bond donors (Lipinski definition) is 1. The normalized spacial score (nSPS) is 11.8. The fourth-order valence-corrected chi connectivity index (χ4v) is 2.45. The van der Waals surface area contributed by atoms with Crippen LogP contribution in [0.25, 0.3) is 16.5 Å². The second-order valence-electron chi connectivity index (χ2n) is 5.40. The smallest absolute Gasteiger partial charge is 0.200 e. The van der Waals surface area contributed by atoms with Gasteiger partial charge in [-0.2, -0.15) is 0 Å². The van der Waals surface area contributed by atoms with Gasteiger partial charge in [-0.25, -0.2) is 22.0 Å². The van der Waals surface area contributed by atoms with Crippen molar-refractivity contribution in [2.45, 2.75) is 0 Å². The van der Waals surface area contributed by atoms with Gasteiger partial charge in [0.2, 0.25) is 5.82 Å². The van der Waals surface area contributed by atoms with E-state index in [0.717, 1.165) is 5.39 Å². The first kappa shape index (κ1) is 17.6. The average molecular weight is 364 g/mol. The van der Waals surface area contributed by atoms with Crippen LogP contribution in [0, 0.1) is 29.1 Å². The zero-order valence-corrected chi connectivity index (χ0v) is 12.9. The van der Waals surface area contributed by atoms with Crippen molar-refractivity contribution in [2.24, 2.45) is 0 Å². The molecule has 0 aliphatic heterocycles. The molecule has 1 N–H and O–H groups in total. The van der Waals surface area contributed by atoms with Gasteiger partial charge in [0.1, 0.15) is 5.76 Å². The number of ketones is 1. The zero-order valence-electron chi connectivity index (χ0n) is 12.9. The number of rotatable bonds is 3. The molecule has 3 aromatic rings. The molecule has 2 nitrogen and oxygen atoms in total. The van der Waals surface area contributed by atoms with Crippen molar-refractivity contribution in [1.82, 2.24) is 0 Å². The summed E-state index contributed by atoms with van der Waals surface area (Å²) in [4.78, 5) is 12.0. The third-order valence-corrected chi connectivity index (χ3v) is 3.77. The number of aliphatic hydroxyl groups is 1. The van der Waals surface area contributed by atoms with Crippen LogP contribution in [0.2, 0.25) is 0 Å². The van der Waals surface area contributed by atoms with Gasteiger partial charge in [0.05, 0.1) is 5.56 Å². The largest absolute Gasteiger partial charge is 0.507 e. The van der Waals surface area contributed by atoms with Crippen molar-refractivity contribution in [3.05, 3.63) is 88.8 Å². The summed E-state index contributed by atoms with van der Waals surface area (Å²) in [6.07, 6.45) is 0.405. The van der Waals surface area contributed by atoms with Crippen LogP contribution >= 0.6 is 0 Å². The fraction of sp³-hybridized carbons (Fsp3) is 0. The molecule has 0 saturated carbocycles. The number of hydrogen-bond acceptors (Lipinski definition) is 2. The minimum Gasteiger partial charge on any atom is -0.507 e. The molecule has 0 fully saturated rings. The lowest BCUT2D eigenvalue weighted by Gasteiger charge is -2.06. The summed E-state index contributed by atoms with van der Waals surface area (Å²) in [7, 11) is 0. The number of aliphatic hydroxyl groups excluding tert-OH is 1. The Balaban J connectivity index is 2.05. The molecule has 0 heterocycles. The van der Waals surface area contributed by atoms with Gasteiger partial charge >= 0.3 is 0 Å². The molecular weight excluding hydrogens is 355 g/mol. The summed E-state index contributed by atoms with van der Waals surface area (Å²) >= 11 is 0. The molecule has 0 bridgehead atoms. The summed E-state index contributed by atoms with van der Waals surface area (Å²) in [5.41, 5.74) is -1.49. The number of allylic oxidation sites excluding steroid dienone is 1. The summed E-state index contributed by atoms with van der Waals surface area (Å²) in [5, 5.41) is 11.6. The summed E-state index contributed by atoms with van der Waals surface area (Å²) in [6, 6.07) is 11.7. The molecule has 0 spiro atoms. The number of halogens is 5. The molecule has 0 amide bonds. The van der Waals surface area contributed by atoms with Crippen LogP contribution in [0.15, 0.2) is 48.5 Å². The van der Waals surface area contributed by atoms with Crippen LogP contribution in [0.5, 0.6) is 0 Å². The Morgan fingerprint density at radius 3 is 1.92 bits per heavy atom. The SMILES string of the molecule is O=C(C=C(O)c1ccc2ccccc2c1)c1c(F)c(F)c(F)c(F)c1F. The first-order chi connectivity index (χ1) is 12.3. The van der Waals surface area contributed by atoms with Crippen molar-refractivity contribution < 1.29 is 31.9 Å². The number of carbonyl (C=O) groups excluding carboxylic acids is 1. The van der Waals surface area contributed by atoms with Crippen molar-refractivity contribution in [2.75, 3.05) is 0 Å². The molecule has 26 heavy (non-hydrogen) atoms. The highest BCUT2D eigenvalue weighted by Crippen LogP contribution is 2.25. The topological polar surface area (TPSA) is 37.3 Å². The molecule has 0 aliphatic rings. The second-order valence-corrected chi connectivity index (χ2v) is 5.40. The van der Waals surface area contributed by atoms with E-state index in [1.807, 2.05) is 0 Å². The van der Waals surface area contributed by atoms with E-state index in [4.69, 9.17) is 0 Å². The van der Waals surface area contributed by atoms with Gasteiger partial charge in [0.15, 0.2) is 29.1 Å². The standard InChI is InChI=1S/C19H9F5O2/c20-15-14(16(21)18(23)19(24)17(15)22)13(26)8-12(25)11-6-5-9-3-1-2-4-10(9)7-11/h1-8,25H. The van der Waals surface area contributed by atoms with Gasteiger partial charge in [0.25, 0.3) is 0 Å². The number of carbonyl (C=O) groups is 1. The summed E-state index contributed by atoms with van der Waals surface area (Å²) in [6.45, 7) is 0. The lowest BCUT2D eigenvalue weighted by molar-refractivity contribution is 0.103. The average Bonchev–Trinajstić information content (AvgIpc) is 2.64. The Morgan fingerprint density at radius 1 is 0.769 bits per heavy atom. The highest BCUT2D eigenvalue weighted by molar-refractivity contribution is 6.08. The molecule has 0 aliphatic carbocycles. The number of benzene rings is 3. The van der Waals surface area contributed by atoms with Crippen LogP contribution in [0.1, 0.15) is 15.9 Å². The quantitative estimate of drug-likeness (QED) is 0.171. The zero-order chi connectivity index (χ0) is 19.0. The molecule has 0 unspecified atom stereocenters. The maximum Gasteiger partial charge on any atom is 0.200 e. The van der Waals surface area contributed by atoms with E-state index in [1.54, 1.807) is 30.3 Å². The van der Waals surface area contributed by atoms with E-state index >= 15 is 0 Å². The van der Waals surface area contributed by atoms with Crippen LogP contribution in [-0.4, -0.2) is 10.9 Å². The van der Waals surface area contributed by atoms with Crippen LogP contribution in [0.4, 0.5) is 22.0 Å². The van der Waals surface area contributed by atoms with Crippen LogP contribution < -0.4 is 0 Å². The van der Waals surface area contributed by atoms with E-state index in [2.05, 4.69) is 0 Å². The van der Waals surface area contributed by atoms with E-state index in [-0.39, 0.29) is 5.56 Å². The lowest BCUT2D eigenvalue weighted by atomic mass is 10.0. The molecular formula is C19H9F5O2. The van der Waals surface area contributed by atoms with Gasteiger partial charge in [-0.3, -0.25) is 4.79 Å². The first-order valence-corrected chi connectivity index (χ1v) is 7.27. The van der Waals surface area contributed by atoms with E-state index in [1.165, 1.54) is 12.1 Å². The number of fused-ring (bicyclic) bond motifs is 1. The summed E-state index contributed by atoms with van der Waals surface area (Å²) < 4.78 is 66.8. The molecule has 0 aromatic heterocycles. The van der Waals surface area contributed by atoms with E-state index < -0.39 is 46.2 Å². The molecule has 0 radical (unpaired) electrons. The van der Waals surface area contributed by atoms with Gasteiger partial charge in [0, 0.05) is 11.6 Å². The Bertz CT molecular complexity index is 1040. The minimum atomic E-state index is -2.36. The molecule has 0 saturated heterocycles. The molecule has 3 aromatic carbocycles. The molecule has 7 heteroatoms. The van der Waals surface area contributed by atoms with Gasteiger partial charge in [-0.15, -0.1) is 0 Å². The van der Waals surface area contributed by atoms with Crippen molar-refractivity contribution >= 4 is 22.3 Å². The van der Waals surface area contributed by atoms with Crippen LogP contribution in [0.3, 0.4) is 0 Å². The predicted octanol–water partition coefficient (Wildman–Crippen LogP) is 5.32. The third-order valence-electron chi connectivity index (χ3n) is 3.77. The lowest BCUT2D eigenvalue weighted by Crippen LogP contribution is -2.11. The van der Waals surface area contributed by atoms with Gasteiger partial charge < -0.3 is 5.11 Å². The maximum absolute atomic E-state index is 13.7. The highest BCUT2D eigenvalue weighted by Gasteiger charge is 2.29. The molecule has 132 valence electrons. The molecule has 3 rings (SSSR count). The van der Waals surface area contributed by atoms with Gasteiger partial charge in [-0.05, 0) is 16.8 Å². The van der Waals surface area contributed by atoms with Crippen molar-refractivity contribution in [3.8, 4) is 0 Å². The Labute approximate surface area is 143 Å². The van der Waals surface area contributed by atoms with Crippen molar-refractivity contribution in [3.63, 3.8) is 0 Å². The van der Waals surface area contributed by atoms with Crippen LogP contribution in [-0.2, 0) is 0 Å². The Hall–Kier alpha value is -3.22. The molecule has 0 atom stereocenters. The Morgan fingerprint density at radius 2 is 1.31 bits per heavy atom. The van der Waals surface area contributed by atoms with Crippen molar-refractivity contribution in [1.29, 1.82) is 0 Å². The predicted molar refractivity (Wildman–Crippen MR) is 85.1 cm³/mol. The maximum atomic E-state index is 13.7. The Kier molecular flexibility index (Phi) is 4.46. The minimum absolute atomic E-state index is 0.140.